The molecular weight excluding hydrogens is 254 g/mol. The number of methoxy groups -OCH3 is 2. The van der Waals surface area contributed by atoms with Crippen molar-refractivity contribution in [3.63, 3.8) is 0 Å². The van der Waals surface area contributed by atoms with Crippen molar-refractivity contribution in [2.45, 2.75) is 6.42 Å². The van der Waals surface area contributed by atoms with Gasteiger partial charge in [-0.15, -0.1) is 0 Å². The summed E-state index contributed by atoms with van der Waals surface area (Å²) in [5.41, 5.74) is 7.70. The van der Waals surface area contributed by atoms with Crippen LogP contribution in [-0.4, -0.2) is 25.7 Å². The molecule has 0 aliphatic carbocycles. The first-order valence-corrected chi connectivity index (χ1v) is 6.40. The van der Waals surface area contributed by atoms with Gasteiger partial charge >= 0.3 is 0 Å². The Bertz CT molecular complexity index is 556. The summed E-state index contributed by atoms with van der Waals surface area (Å²) in [4.78, 5) is 4.27. The molecule has 0 fully saturated rings. The Hall–Kier alpha value is -2.43. The van der Waals surface area contributed by atoms with E-state index in [0.29, 0.717) is 17.4 Å². The van der Waals surface area contributed by atoms with Gasteiger partial charge in [-0.05, 0) is 30.2 Å². The van der Waals surface area contributed by atoms with Crippen LogP contribution in [0.25, 0.3) is 0 Å². The number of hydrogen-bond acceptors (Lipinski definition) is 5. The van der Waals surface area contributed by atoms with Gasteiger partial charge in [0.05, 0.1) is 19.9 Å². The Morgan fingerprint density at radius 1 is 1.05 bits per heavy atom. The van der Waals surface area contributed by atoms with Crippen molar-refractivity contribution in [1.82, 2.24) is 4.98 Å². The highest BCUT2D eigenvalue weighted by Gasteiger charge is 2.03. The lowest BCUT2D eigenvalue weighted by atomic mass is 10.1. The number of hydrogen-bond donors (Lipinski definition) is 2. The molecule has 20 heavy (non-hydrogen) atoms. The maximum absolute atomic E-state index is 5.86. The molecule has 0 atom stereocenters. The molecule has 1 aromatic heterocycles. The largest absolute Gasteiger partial charge is 0.497 e. The van der Waals surface area contributed by atoms with Gasteiger partial charge in [0.1, 0.15) is 5.75 Å². The van der Waals surface area contributed by atoms with E-state index in [-0.39, 0.29) is 0 Å². The van der Waals surface area contributed by atoms with Gasteiger partial charge in [0, 0.05) is 12.6 Å². The van der Waals surface area contributed by atoms with E-state index in [2.05, 4.69) is 10.3 Å². The lowest BCUT2D eigenvalue weighted by molar-refractivity contribution is 0.398. The monoisotopic (exact) mass is 273 g/mol. The summed E-state index contributed by atoms with van der Waals surface area (Å²) in [5, 5.41) is 3.22. The lowest BCUT2D eigenvalue weighted by Gasteiger charge is -2.10. The molecule has 0 amide bonds. The molecule has 3 N–H and O–H groups in total. The number of nitrogens with two attached hydrogens (primary N) is 1. The number of nitrogens with one attached hydrogen (secondary N) is 1. The van der Waals surface area contributed by atoms with Gasteiger partial charge in [0.15, 0.2) is 5.82 Å². The fraction of sp³-hybridized carbons (Fsp3) is 0.267. The average molecular weight is 273 g/mol. The zero-order chi connectivity index (χ0) is 14.4. The summed E-state index contributed by atoms with van der Waals surface area (Å²) in [5.74, 6) is 2.06. The molecule has 0 radical (unpaired) electrons. The van der Waals surface area contributed by atoms with Crippen LogP contribution in [0.4, 0.5) is 11.5 Å². The summed E-state index contributed by atoms with van der Waals surface area (Å²) in [6, 6.07) is 11.5. The zero-order valence-electron chi connectivity index (χ0n) is 11.7. The van der Waals surface area contributed by atoms with Crippen molar-refractivity contribution in [2.24, 2.45) is 0 Å². The summed E-state index contributed by atoms with van der Waals surface area (Å²) in [7, 11) is 3.24. The minimum atomic E-state index is 0.547. The van der Waals surface area contributed by atoms with Crippen molar-refractivity contribution in [3.8, 4) is 11.6 Å². The normalized spacial score (nSPS) is 10.1. The molecule has 0 unspecified atom stereocenters. The second-order valence-corrected chi connectivity index (χ2v) is 4.32. The second kappa shape index (κ2) is 6.65. The molecule has 5 nitrogen and oxygen atoms in total. The molecule has 0 spiro atoms. The Balaban J connectivity index is 1.91. The van der Waals surface area contributed by atoms with E-state index in [1.807, 2.05) is 24.3 Å². The number of benzene rings is 1. The van der Waals surface area contributed by atoms with E-state index in [1.54, 1.807) is 26.4 Å². The lowest BCUT2D eigenvalue weighted by Crippen LogP contribution is -2.09. The van der Waals surface area contributed by atoms with Crippen LogP contribution in [0.2, 0.25) is 0 Å². The summed E-state index contributed by atoms with van der Waals surface area (Å²) in [6.07, 6.45) is 0.877. The van der Waals surface area contributed by atoms with Gasteiger partial charge in [0.25, 0.3) is 0 Å². The van der Waals surface area contributed by atoms with E-state index in [0.717, 1.165) is 18.7 Å². The SMILES string of the molecule is COc1ccc(CCNc2nc(OC)ccc2N)cc1. The fourth-order valence-corrected chi connectivity index (χ4v) is 1.82. The van der Waals surface area contributed by atoms with E-state index in [9.17, 15) is 0 Å². The fourth-order valence-electron chi connectivity index (χ4n) is 1.82. The predicted octanol–water partition coefficient (Wildman–Crippen LogP) is 2.34. The van der Waals surface area contributed by atoms with Crippen LogP contribution >= 0.6 is 0 Å². The van der Waals surface area contributed by atoms with Crippen molar-refractivity contribution < 1.29 is 9.47 Å². The second-order valence-electron chi connectivity index (χ2n) is 4.32. The minimum Gasteiger partial charge on any atom is -0.497 e. The van der Waals surface area contributed by atoms with Gasteiger partial charge in [-0.3, -0.25) is 0 Å². The average Bonchev–Trinajstić information content (AvgIpc) is 2.50. The van der Waals surface area contributed by atoms with Crippen LogP contribution in [0.15, 0.2) is 36.4 Å². The van der Waals surface area contributed by atoms with Gasteiger partial charge in [-0.2, -0.15) is 4.98 Å². The number of ether oxygens (including phenoxy) is 2. The standard InChI is InChI=1S/C15H19N3O2/c1-19-12-5-3-11(4-6-12)9-10-17-15-13(16)7-8-14(18-15)20-2/h3-8H,9-10,16H2,1-2H3,(H,17,18). The third-order valence-corrected chi connectivity index (χ3v) is 2.98. The topological polar surface area (TPSA) is 69.4 Å². The minimum absolute atomic E-state index is 0.547. The smallest absolute Gasteiger partial charge is 0.215 e. The number of anilines is 2. The highest BCUT2D eigenvalue weighted by molar-refractivity contribution is 5.61. The Labute approximate surface area is 118 Å². The number of aromatic nitrogens is 1. The molecule has 5 heteroatoms. The quantitative estimate of drug-likeness (QED) is 0.845. The highest BCUT2D eigenvalue weighted by Crippen LogP contribution is 2.19. The van der Waals surface area contributed by atoms with Gasteiger partial charge in [-0.25, -0.2) is 0 Å². The molecule has 1 aromatic carbocycles. The summed E-state index contributed by atoms with van der Waals surface area (Å²) in [6.45, 7) is 0.747. The van der Waals surface area contributed by atoms with Crippen LogP contribution in [-0.2, 0) is 6.42 Å². The number of nitrogens with zero attached hydrogens (tertiary/aromatic N) is 1. The van der Waals surface area contributed by atoms with E-state index in [4.69, 9.17) is 15.2 Å². The van der Waals surface area contributed by atoms with Crippen molar-refractivity contribution in [2.75, 3.05) is 31.8 Å². The summed E-state index contributed by atoms with van der Waals surface area (Å²) >= 11 is 0. The third-order valence-electron chi connectivity index (χ3n) is 2.98. The molecule has 1 heterocycles. The van der Waals surface area contributed by atoms with Crippen LogP contribution in [0.1, 0.15) is 5.56 Å². The first-order chi connectivity index (χ1) is 9.72. The maximum atomic E-state index is 5.86. The third kappa shape index (κ3) is 3.54. The Morgan fingerprint density at radius 3 is 2.45 bits per heavy atom. The molecule has 0 aliphatic rings. The molecule has 0 saturated heterocycles. The Kier molecular flexibility index (Phi) is 4.65. The number of pyridine rings is 1. The van der Waals surface area contributed by atoms with Crippen LogP contribution in [0.5, 0.6) is 11.6 Å². The van der Waals surface area contributed by atoms with Crippen LogP contribution in [0.3, 0.4) is 0 Å². The van der Waals surface area contributed by atoms with E-state index < -0.39 is 0 Å². The molecule has 0 aliphatic heterocycles. The maximum Gasteiger partial charge on any atom is 0.215 e. The van der Waals surface area contributed by atoms with Crippen LogP contribution < -0.4 is 20.5 Å². The first-order valence-electron chi connectivity index (χ1n) is 6.40. The molecule has 0 saturated carbocycles. The van der Waals surface area contributed by atoms with Gasteiger partial charge < -0.3 is 20.5 Å². The van der Waals surface area contributed by atoms with Crippen molar-refractivity contribution in [3.05, 3.63) is 42.0 Å². The predicted molar refractivity (Wildman–Crippen MR) is 80.4 cm³/mol. The number of nitrogen functional groups attached to an aromatic ring is 1. The molecular formula is C15H19N3O2. The van der Waals surface area contributed by atoms with Crippen LogP contribution in [0, 0.1) is 0 Å². The van der Waals surface area contributed by atoms with Crippen molar-refractivity contribution in [1.29, 1.82) is 0 Å². The van der Waals surface area contributed by atoms with Gasteiger partial charge in [-0.1, -0.05) is 12.1 Å². The highest BCUT2D eigenvalue weighted by atomic mass is 16.5. The first kappa shape index (κ1) is 14.0. The van der Waals surface area contributed by atoms with E-state index in [1.165, 1.54) is 5.56 Å². The van der Waals surface area contributed by atoms with E-state index >= 15 is 0 Å². The number of rotatable bonds is 6. The van der Waals surface area contributed by atoms with Crippen molar-refractivity contribution >= 4 is 11.5 Å². The molecule has 106 valence electrons. The Morgan fingerprint density at radius 2 is 1.80 bits per heavy atom. The molecule has 2 rings (SSSR count). The van der Waals surface area contributed by atoms with Gasteiger partial charge in [0.2, 0.25) is 5.88 Å². The summed E-state index contributed by atoms with van der Waals surface area (Å²) < 4.78 is 10.2. The zero-order valence-corrected chi connectivity index (χ0v) is 11.7. The molecule has 2 aromatic rings. The molecule has 0 bridgehead atoms.